The van der Waals surface area contributed by atoms with Crippen LogP contribution >= 0.6 is 11.6 Å². The number of carbonyl (C=O) groups excluding carboxylic acids is 1. The van der Waals surface area contributed by atoms with E-state index >= 15 is 0 Å². The molecule has 4 rings (SSSR count). The van der Waals surface area contributed by atoms with E-state index in [1.165, 1.54) is 11.3 Å². The summed E-state index contributed by atoms with van der Waals surface area (Å²) >= 11 is 6.07. The fraction of sp³-hybridized carbons (Fsp3) is 0.227. The topological polar surface area (TPSA) is 37.3 Å². The number of hydrogen-bond donors (Lipinski definition) is 1. The van der Waals surface area contributed by atoms with Crippen LogP contribution in [0.3, 0.4) is 0 Å². The first-order chi connectivity index (χ1) is 13.1. The Bertz CT molecular complexity index is 931. The van der Waals surface area contributed by atoms with Crippen molar-refractivity contribution in [1.82, 2.24) is 9.47 Å². The lowest BCUT2D eigenvalue weighted by atomic mass is 10.00. The molecule has 4 nitrogen and oxygen atoms in total. The maximum atomic E-state index is 12.7. The van der Waals surface area contributed by atoms with Crippen LogP contribution in [0.4, 0.5) is 5.69 Å². The fourth-order valence-corrected chi connectivity index (χ4v) is 3.78. The number of carbonyl (C=O) groups is 1. The molecule has 5 heteroatoms. The molecule has 1 N–H and O–H groups in total. The highest BCUT2D eigenvalue weighted by molar-refractivity contribution is 6.30. The molecular weight excluding hydrogens is 358 g/mol. The van der Waals surface area contributed by atoms with Crippen LogP contribution in [0.2, 0.25) is 5.02 Å². The molecule has 0 saturated carbocycles. The van der Waals surface area contributed by atoms with Gasteiger partial charge in [-0.05, 0) is 48.9 Å². The molecule has 1 aromatic heterocycles. The molecule has 2 aromatic carbocycles. The highest BCUT2D eigenvalue weighted by Crippen LogP contribution is 2.32. The van der Waals surface area contributed by atoms with Gasteiger partial charge in [0.2, 0.25) is 5.91 Å². The molecule has 2 heterocycles. The third-order valence-electron chi connectivity index (χ3n) is 5.01. The van der Waals surface area contributed by atoms with Crippen molar-refractivity contribution in [2.45, 2.75) is 19.5 Å². The Morgan fingerprint density at radius 3 is 2.56 bits per heavy atom. The zero-order valence-corrected chi connectivity index (χ0v) is 16.0. The van der Waals surface area contributed by atoms with Crippen LogP contribution in [-0.2, 0) is 11.3 Å². The lowest BCUT2D eigenvalue weighted by molar-refractivity contribution is -0.117. The number of aromatic nitrogens is 1. The van der Waals surface area contributed by atoms with E-state index in [0.29, 0.717) is 11.6 Å². The normalized spacial score (nSPS) is 16.7. The number of nitrogens with zero attached hydrogens (tertiary/aromatic N) is 2. The Hall–Kier alpha value is -2.56. The van der Waals surface area contributed by atoms with Crippen molar-refractivity contribution in [2.24, 2.45) is 0 Å². The van der Waals surface area contributed by atoms with E-state index in [2.05, 4.69) is 33.1 Å². The molecule has 0 aliphatic carbocycles. The number of aryl methyl sites for hydroxylation is 1. The second-order valence-corrected chi connectivity index (χ2v) is 7.40. The Labute approximate surface area is 164 Å². The summed E-state index contributed by atoms with van der Waals surface area (Å²) in [5, 5.41) is 3.72. The maximum absolute atomic E-state index is 12.7. The van der Waals surface area contributed by atoms with Gasteiger partial charge in [0.15, 0.2) is 0 Å². The zero-order valence-electron chi connectivity index (χ0n) is 15.2. The molecule has 1 unspecified atom stereocenters. The molecular formula is C22H22ClN3O. The van der Waals surface area contributed by atoms with Gasteiger partial charge in [-0.3, -0.25) is 9.69 Å². The lowest BCUT2D eigenvalue weighted by Gasteiger charge is -2.36. The van der Waals surface area contributed by atoms with Crippen LogP contribution in [0.25, 0.3) is 0 Å². The molecule has 1 amide bonds. The Kier molecular flexibility index (Phi) is 5.01. The van der Waals surface area contributed by atoms with E-state index < -0.39 is 0 Å². The molecule has 0 fully saturated rings. The van der Waals surface area contributed by atoms with Crippen LogP contribution in [0.1, 0.15) is 22.9 Å². The molecule has 138 valence electrons. The lowest BCUT2D eigenvalue weighted by Crippen LogP contribution is -2.42. The predicted molar refractivity (Wildman–Crippen MR) is 109 cm³/mol. The number of benzene rings is 2. The van der Waals surface area contributed by atoms with Crippen molar-refractivity contribution in [3.05, 3.63) is 88.7 Å². The summed E-state index contributed by atoms with van der Waals surface area (Å²) in [7, 11) is 0. The summed E-state index contributed by atoms with van der Waals surface area (Å²) in [6.45, 7) is 4.07. The minimum Gasteiger partial charge on any atom is -0.348 e. The van der Waals surface area contributed by atoms with E-state index in [1.54, 1.807) is 0 Å². The van der Waals surface area contributed by atoms with Gasteiger partial charge in [-0.2, -0.15) is 0 Å². The van der Waals surface area contributed by atoms with E-state index in [-0.39, 0.29) is 11.9 Å². The van der Waals surface area contributed by atoms with E-state index in [4.69, 9.17) is 11.6 Å². The predicted octanol–water partition coefficient (Wildman–Crippen LogP) is 4.49. The first-order valence-corrected chi connectivity index (χ1v) is 9.49. The second kappa shape index (κ2) is 7.59. The first-order valence-electron chi connectivity index (χ1n) is 9.11. The summed E-state index contributed by atoms with van der Waals surface area (Å²) in [5.74, 6) is -0.00202. The molecule has 0 saturated heterocycles. The number of hydrogen-bond acceptors (Lipinski definition) is 2. The van der Waals surface area contributed by atoms with Gasteiger partial charge in [-0.25, -0.2) is 0 Å². The summed E-state index contributed by atoms with van der Waals surface area (Å²) in [6, 6.07) is 20.0. The van der Waals surface area contributed by atoms with Crippen LogP contribution in [0, 0.1) is 6.92 Å². The third-order valence-corrected chi connectivity index (χ3v) is 5.26. The van der Waals surface area contributed by atoms with E-state index in [0.717, 1.165) is 24.3 Å². The van der Waals surface area contributed by atoms with Crippen molar-refractivity contribution in [3.8, 4) is 0 Å². The number of halogens is 1. The van der Waals surface area contributed by atoms with E-state index in [1.807, 2.05) is 55.5 Å². The number of anilines is 1. The van der Waals surface area contributed by atoms with Crippen molar-refractivity contribution in [1.29, 1.82) is 0 Å². The number of fused-ring (bicyclic) bond motifs is 1. The van der Waals surface area contributed by atoms with Crippen LogP contribution in [-0.4, -0.2) is 28.5 Å². The monoisotopic (exact) mass is 379 g/mol. The number of rotatable bonds is 4. The quantitative estimate of drug-likeness (QED) is 0.725. The van der Waals surface area contributed by atoms with Gasteiger partial charge in [-0.15, -0.1) is 0 Å². The molecule has 1 atom stereocenters. The smallest absolute Gasteiger partial charge is 0.238 e. The zero-order chi connectivity index (χ0) is 18.8. The maximum Gasteiger partial charge on any atom is 0.238 e. The van der Waals surface area contributed by atoms with Gasteiger partial charge >= 0.3 is 0 Å². The van der Waals surface area contributed by atoms with Gasteiger partial charge in [-0.1, -0.05) is 41.4 Å². The Morgan fingerprint density at radius 1 is 1.07 bits per heavy atom. The van der Waals surface area contributed by atoms with Crippen LogP contribution in [0.5, 0.6) is 0 Å². The highest BCUT2D eigenvalue weighted by Gasteiger charge is 2.30. The Morgan fingerprint density at radius 2 is 1.81 bits per heavy atom. The summed E-state index contributed by atoms with van der Waals surface area (Å²) in [4.78, 5) is 14.9. The fourth-order valence-electron chi connectivity index (χ4n) is 3.65. The van der Waals surface area contributed by atoms with Crippen molar-refractivity contribution in [2.75, 3.05) is 18.4 Å². The minimum absolute atomic E-state index is 0.00202. The molecule has 0 radical (unpaired) electrons. The highest BCUT2D eigenvalue weighted by atomic mass is 35.5. The van der Waals surface area contributed by atoms with Crippen molar-refractivity contribution < 1.29 is 4.79 Å². The summed E-state index contributed by atoms with van der Waals surface area (Å²) < 4.78 is 2.26. The molecule has 0 spiro atoms. The van der Waals surface area contributed by atoms with Gasteiger partial charge in [0.05, 0.1) is 12.6 Å². The van der Waals surface area contributed by atoms with E-state index in [9.17, 15) is 4.79 Å². The van der Waals surface area contributed by atoms with Crippen molar-refractivity contribution >= 4 is 23.2 Å². The standard InChI is InChI=1S/C22H22ClN3O/c1-16-4-10-19(11-5-16)24-21(27)15-26-14-13-25-12-2-3-20(25)22(26)17-6-8-18(23)9-7-17/h2-12,22H,13-15H2,1H3,(H,24,27). The third kappa shape index (κ3) is 3.92. The number of amides is 1. The Balaban J connectivity index is 1.56. The minimum atomic E-state index is -0.00202. The largest absolute Gasteiger partial charge is 0.348 e. The van der Waals surface area contributed by atoms with Gasteiger partial charge in [0.1, 0.15) is 0 Å². The second-order valence-electron chi connectivity index (χ2n) is 6.97. The SMILES string of the molecule is Cc1ccc(NC(=O)CN2CCn3cccc3C2c2ccc(Cl)cc2)cc1. The first kappa shape index (κ1) is 17.8. The molecule has 3 aromatic rings. The molecule has 27 heavy (non-hydrogen) atoms. The summed E-state index contributed by atoms with van der Waals surface area (Å²) in [5.41, 5.74) is 4.34. The van der Waals surface area contributed by atoms with Gasteiger partial charge < -0.3 is 9.88 Å². The summed E-state index contributed by atoms with van der Waals surface area (Å²) in [6.07, 6.45) is 2.10. The molecule has 1 aliphatic heterocycles. The molecule has 1 aliphatic rings. The van der Waals surface area contributed by atoms with Crippen LogP contribution < -0.4 is 5.32 Å². The van der Waals surface area contributed by atoms with Crippen LogP contribution in [0.15, 0.2) is 66.9 Å². The van der Waals surface area contributed by atoms with Gasteiger partial charge in [0.25, 0.3) is 0 Å². The van der Waals surface area contributed by atoms with Crippen molar-refractivity contribution in [3.63, 3.8) is 0 Å². The average molecular weight is 380 g/mol. The molecule has 0 bridgehead atoms. The van der Waals surface area contributed by atoms with Gasteiger partial charge in [0, 0.05) is 35.7 Å². The average Bonchev–Trinajstić information content (AvgIpc) is 3.13. The number of nitrogens with one attached hydrogen (secondary N) is 1.